The van der Waals surface area contributed by atoms with Crippen LogP contribution in [0.25, 0.3) is 5.69 Å². The van der Waals surface area contributed by atoms with E-state index in [0.717, 1.165) is 11.3 Å². The van der Waals surface area contributed by atoms with Crippen LogP contribution >= 0.6 is 0 Å². The third-order valence-corrected chi connectivity index (χ3v) is 6.60. The molecule has 1 fully saturated rings. The molecule has 7 nitrogen and oxygen atoms in total. The predicted octanol–water partition coefficient (Wildman–Crippen LogP) is 3.26. The Morgan fingerprint density at radius 2 is 1.93 bits per heavy atom. The van der Waals surface area contributed by atoms with Crippen molar-refractivity contribution in [2.45, 2.75) is 44.4 Å². The molecule has 2 N–H and O–H groups in total. The number of carbonyl (C=O) groups is 1. The number of hydrogen-bond acceptors (Lipinski definition) is 4. The van der Waals surface area contributed by atoms with Gasteiger partial charge in [-0.15, -0.1) is 5.10 Å². The lowest BCUT2D eigenvalue weighted by atomic mass is 10.1. The molecule has 0 bridgehead atoms. The van der Waals surface area contributed by atoms with Crippen LogP contribution in [0.1, 0.15) is 35.1 Å². The zero-order chi connectivity index (χ0) is 19.6. The summed E-state index contributed by atoms with van der Waals surface area (Å²) < 4.78 is 24.8. The van der Waals surface area contributed by atoms with Crippen LogP contribution in [-0.4, -0.2) is 41.8 Å². The van der Waals surface area contributed by atoms with Crippen LogP contribution in [0.5, 0.6) is 0 Å². The van der Waals surface area contributed by atoms with Gasteiger partial charge in [-0.25, -0.2) is 17.9 Å². The van der Waals surface area contributed by atoms with Crippen LogP contribution < -0.4 is 10.6 Å². The second-order valence-corrected chi connectivity index (χ2v) is 9.84. The first kappa shape index (κ1) is 19.4. The first-order valence-electron chi connectivity index (χ1n) is 9.14. The van der Waals surface area contributed by atoms with Gasteiger partial charge in [0.05, 0.1) is 10.9 Å². The van der Waals surface area contributed by atoms with E-state index in [4.69, 9.17) is 0 Å². The van der Waals surface area contributed by atoms with Gasteiger partial charge in [0.15, 0.2) is 5.82 Å². The molecule has 0 aliphatic heterocycles. The van der Waals surface area contributed by atoms with Crippen molar-refractivity contribution in [2.24, 2.45) is 5.92 Å². The summed E-state index contributed by atoms with van der Waals surface area (Å²) in [7, 11) is -3.05. The molecular formula is C19H30N4O3S. The van der Waals surface area contributed by atoms with Gasteiger partial charge in [0.25, 0.3) is 0 Å². The Morgan fingerprint density at radius 3 is 2.52 bits per heavy atom. The molecule has 27 heavy (non-hydrogen) atoms. The number of hydrogen-bond donors (Lipinski definition) is 2. The number of nitrogens with zero attached hydrogens (tertiary/aromatic N) is 2. The summed E-state index contributed by atoms with van der Waals surface area (Å²) in [5.41, 5.74) is 1.79. The number of amides is 2. The van der Waals surface area contributed by atoms with E-state index >= 15 is 0 Å². The number of nitrogens with one attached hydrogen (secondary N) is 2. The molecule has 0 saturated heterocycles. The third-order valence-electron chi connectivity index (χ3n) is 4.97. The minimum atomic E-state index is -3.05. The zero-order valence-corrected chi connectivity index (χ0v) is 16.7. The van der Waals surface area contributed by atoms with Gasteiger partial charge in [-0.2, -0.15) is 0 Å². The number of anilines is 1. The topological polar surface area (TPSA) is 93.1 Å². The lowest BCUT2D eigenvalue weighted by Gasteiger charge is -2.12. The maximum atomic E-state index is 12.0. The van der Waals surface area contributed by atoms with Gasteiger partial charge in [0.1, 0.15) is 9.84 Å². The molecule has 1 aliphatic rings. The molecule has 0 radical (unpaired) electrons. The van der Waals surface area contributed by atoms with E-state index < -0.39 is 15.1 Å². The third kappa shape index (κ3) is 5.32. The minimum Gasteiger partial charge on any atom is -0.335 e. The van der Waals surface area contributed by atoms with Gasteiger partial charge < -0.3 is 5.32 Å². The highest BCUT2D eigenvalue weighted by Gasteiger charge is 2.28. The van der Waals surface area contributed by atoms with E-state index in [2.05, 4.69) is 15.7 Å². The molecule has 2 aromatic rings. The monoisotopic (exact) mass is 394 g/mol. The van der Waals surface area contributed by atoms with Gasteiger partial charge in [-0.1, -0.05) is 12.1 Å². The lowest BCUT2D eigenvalue weighted by Crippen LogP contribution is -2.37. The summed E-state index contributed by atoms with van der Waals surface area (Å²) in [6.45, 7) is 3.73. The average molecular weight is 395 g/mol. The molecule has 8 heteroatoms. The van der Waals surface area contributed by atoms with Crippen LogP contribution in [0.4, 0.5) is 10.6 Å². The first-order valence-corrected chi connectivity index (χ1v) is 11.1. The zero-order valence-electron chi connectivity index (χ0n) is 15.8. The maximum Gasteiger partial charge on any atom is 0.320 e. The van der Waals surface area contributed by atoms with Gasteiger partial charge >= 0.3 is 6.03 Å². The van der Waals surface area contributed by atoms with Crippen molar-refractivity contribution in [1.82, 2.24) is 15.1 Å². The van der Waals surface area contributed by atoms with Crippen molar-refractivity contribution in [3.8, 4) is 5.69 Å². The Morgan fingerprint density at radius 1 is 1.26 bits per heavy atom. The van der Waals surface area contributed by atoms with E-state index in [1.54, 1.807) is 23.9 Å². The highest BCUT2D eigenvalue weighted by atomic mass is 32.2. The summed E-state index contributed by atoms with van der Waals surface area (Å²) >= 11 is 0. The summed E-state index contributed by atoms with van der Waals surface area (Å²) in [5, 5.41) is 9.63. The summed E-state index contributed by atoms with van der Waals surface area (Å²) in [4.78, 5) is 12.0. The van der Waals surface area contributed by atoms with E-state index in [9.17, 15) is 13.2 Å². The fourth-order valence-corrected chi connectivity index (χ4v) is 3.37. The summed E-state index contributed by atoms with van der Waals surface area (Å²) in [5.74, 6) is 1.07. The lowest BCUT2D eigenvalue weighted by molar-refractivity contribution is 0.248. The van der Waals surface area contributed by atoms with E-state index in [1.807, 2.05) is 31.2 Å². The summed E-state index contributed by atoms with van der Waals surface area (Å²) in [6.07, 6.45) is 5.86. The quantitative estimate of drug-likeness (QED) is 0.754. The number of rotatable bonds is 7. The van der Waals surface area contributed by atoms with Crippen molar-refractivity contribution in [2.75, 3.05) is 11.6 Å². The molecule has 1 heterocycles. The molecule has 1 aromatic heterocycles. The predicted molar refractivity (Wildman–Crippen MR) is 110 cm³/mol. The van der Waals surface area contributed by atoms with Gasteiger partial charge in [0.2, 0.25) is 0 Å². The number of sulfone groups is 1. The van der Waals surface area contributed by atoms with Crippen LogP contribution in [0.15, 0.2) is 36.5 Å². The SMILES string of the molecule is CC(Cc1ccc(-n2ccc(NC(=O)N[C@@H](C)C3CC3)n2)cc1)S(C)(=O)=O.[HH].[HH]. The van der Waals surface area contributed by atoms with Gasteiger partial charge in [-0.05, 0) is 56.7 Å². The highest BCUT2D eigenvalue weighted by Crippen LogP contribution is 2.32. The average Bonchev–Trinajstić information content (AvgIpc) is 3.35. The number of carbonyl (C=O) groups excluding carboxylic acids is 1. The summed E-state index contributed by atoms with van der Waals surface area (Å²) in [6, 6.07) is 9.23. The highest BCUT2D eigenvalue weighted by molar-refractivity contribution is 7.91. The van der Waals surface area contributed by atoms with E-state index in [0.29, 0.717) is 18.2 Å². The second kappa shape index (κ2) is 7.72. The Bertz CT molecular complexity index is 912. The Hall–Kier alpha value is -2.35. The molecule has 2 amide bonds. The molecule has 3 rings (SSSR count). The van der Waals surface area contributed by atoms with Crippen LogP contribution in [0.2, 0.25) is 0 Å². The molecule has 1 aromatic carbocycles. The van der Waals surface area contributed by atoms with Gasteiger partial charge in [0, 0.05) is 27.4 Å². The van der Waals surface area contributed by atoms with E-state index in [-0.39, 0.29) is 14.9 Å². The van der Waals surface area contributed by atoms with Gasteiger partial charge in [-0.3, -0.25) is 5.32 Å². The molecule has 1 unspecified atom stereocenters. The fraction of sp³-hybridized carbons (Fsp3) is 0.474. The molecular weight excluding hydrogens is 364 g/mol. The fourth-order valence-electron chi connectivity index (χ4n) is 2.88. The minimum absolute atomic E-state index is 0. The Labute approximate surface area is 163 Å². The smallest absolute Gasteiger partial charge is 0.320 e. The number of urea groups is 1. The van der Waals surface area contributed by atoms with Crippen LogP contribution in [0.3, 0.4) is 0 Å². The maximum absolute atomic E-state index is 12.0. The molecule has 1 aliphatic carbocycles. The van der Waals surface area contributed by atoms with Crippen molar-refractivity contribution in [3.05, 3.63) is 42.1 Å². The normalized spacial score (nSPS) is 16.6. The van der Waals surface area contributed by atoms with Crippen molar-refractivity contribution in [1.29, 1.82) is 0 Å². The van der Waals surface area contributed by atoms with Crippen LogP contribution in [0, 0.1) is 5.92 Å². The largest absolute Gasteiger partial charge is 0.335 e. The van der Waals surface area contributed by atoms with Crippen molar-refractivity contribution < 1.29 is 16.1 Å². The molecule has 150 valence electrons. The van der Waals surface area contributed by atoms with Crippen LogP contribution in [-0.2, 0) is 16.3 Å². The van der Waals surface area contributed by atoms with Crippen molar-refractivity contribution >= 4 is 21.7 Å². The second-order valence-electron chi connectivity index (χ2n) is 7.38. The molecule has 1 saturated carbocycles. The molecule has 0 spiro atoms. The Kier molecular flexibility index (Phi) is 5.55. The number of benzene rings is 1. The standard InChI is InChI=1S/C19H26N4O3S.2H2/c1-13(27(3,25)26)12-15-4-8-17(9-5-15)23-11-10-18(22-23)21-19(24)20-14(2)16-6-7-16;;/h4-5,8-11,13-14,16H,6-7,12H2,1-3H3,(H2,20,21,22,24);2*1H/t13?,14-;;/m0../s1. The Balaban J connectivity index is 0.00000210. The number of aromatic nitrogens is 2. The first-order chi connectivity index (χ1) is 12.7. The van der Waals surface area contributed by atoms with Crippen molar-refractivity contribution in [3.63, 3.8) is 0 Å². The van der Waals surface area contributed by atoms with E-state index in [1.165, 1.54) is 19.1 Å². The molecule has 2 atom stereocenters.